The number of alkyl halides is 3. The summed E-state index contributed by atoms with van der Waals surface area (Å²) in [5, 5.41) is 15.4. The predicted octanol–water partition coefficient (Wildman–Crippen LogP) is 1.18. The number of rotatable bonds is 5. The maximum Gasteiger partial charge on any atom is 0.435 e. The molecule has 0 aliphatic heterocycles. The molecule has 108 valence electrons. The monoisotopic (exact) mass is 279 g/mol. The molecule has 1 heterocycles. The number of nitrogens with one attached hydrogen (secondary N) is 1. The van der Waals surface area contributed by atoms with Gasteiger partial charge in [0.15, 0.2) is 5.69 Å². The first kappa shape index (κ1) is 15.5. The van der Waals surface area contributed by atoms with Crippen LogP contribution in [0.15, 0.2) is 12.3 Å². The van der Waals surface area contributed by atoms with E-state index in [1.54, 1.807) is 13.8 Å². The topological polar surface area (TPSA) is 67.2 Å². The third-order valence-corrected chi connectivity index (χ3v) is 2.66. The SMILES string of the molecule is CCC(C)(O)CNC(=O)Cn1ccc(C(F)(F)F)n1. The largest absolute Gasteiger partial charge is 0.435 e. The summed E-state index contributed by atoms with van der Waals surface area (Å²) in [7, 11) is 0. The predicted molar refractivity (Wildman–Crippen MR) is 61.2 cm³/mol. The van der Waals surface area contributed by atoms with E-state index in [1.807, 2.05) is 0 Å². The zero-order valence-corrected chi connectivity index (χ0v) is 10.7. The summed E-state index contributed by atoms with van der Waals surface area (Å²) >= 11 is 0. The minimum atomic E-state index is -4.52. The fourth-order valence-corrected chi connectivity index (χ4v) is 1.22. The van der Waals surface area contributed by atoms with Gasteiger partial charge in [-0.2, -0.15) is 18.3 Å². The summed E-state index contributed by atoms with van der Waals surface area (Å²) in [6.45, 7) is 3.03. The molecule has 0 aromatic carbocycles. The van der Waals surface area contributed by atoms with E-state index in [1.165, 1.54) is 0 Å². The molecule has 1 rings (SSSR count). The zero-order chi connectivity index (χ0) is 14.7. The second-order valence-corrected chi connectivity index (χ2v) is 4.52. The van der Waals surface area contributed by atoms with E-state index < -0.39 is 23.4 Å². The summed E-state index contributed by atoms with van der Waals surface area (Å²) in [5.74, 6) is -0.509. The van der Waals surface area contributed by atoms with Crippen LogP contribution in [0, 0.1) is 0 Å². The normalized spacial score (nSPS) is 15.1. The molecule has 19 heavy (non-hydrogen) atoms. The van der Waals surface area contributed by atoms with Crippen LogP contribution in [0.25, 0.3) is 0 Å². The molecule has 1 aromatic rings. The first-order valence-electron chi connectivity index (χ1n) is 5.74. The molecule has 0 saturated heterocycles. The average Bonchev–Trinajstić information content (AvgIpc) is 2.75. The minimum absolute atomic E-state index is 0.0374. The molecule has 0 aliphatic rings. The Kier molecular flexibility index (Phi) is 4.56. The molecule has 1 aromatic heterocycles. The van der Waals surface area contributed by atoms with E-state index in [9.17, 15) is 23.1 Å². The van der Waals surface area contributed by atoms with Gasteiger partial charge in [0.25, 0.3) is 0 Å². The molecule has 0 saturated carbocycles. The first-order valence-corrected chi connectivity index (χ1v) is 5.74. The third-order valence-electron chi connectivity index (χ3n) is 2.66. The highest BCUT2D eigenvalue weighted by Gasteiger charge is 2.33. The Morgan fingerprint density at radius 1 is 1.53 bits per heavy atom. The number of carbonyl (C=O) groups is 1. The van der Waals surface area contributed by atoms with Gasteiger partial charge in [0.2, 0.25) is 5.91 Å². The summed E-state index contributed by atoms with van der Waals surface area (Å²) in [4.78, 5) is 11.5. The summed E-state index contributed by atoms with van der Waals surface area (Å²) in [6.07, 6.45) is -2.98. The first-order chi connectivity index (χ1) is 8.64. The lowest BCUT2D eigenvalue weighted by Gasteiger charge is -2.21. The number of halogens is 3. The van der Waals surface area contributed by atoms with Crippen LogP contribution in [0.5, 0.6) is 0 Å². The van der Waals surface area contributed by atoms with Crippen LogP contribution >= 0.6 is 0 Å². The van der Waals surface area contributed by atoms with Gasteiger partial charge in [0.1, 0.15) is 6.54 Å². The van der Waals surface area contributed by atoms with E-state index in [-0.39, 0.29) is 13.1 Å². The van der Waals surface area contributed by atoms with Crippen molar-refractivity contribution in [2.75, 3.05) is 6.54 Å². The Balaban J connectivity index is 2.52. The van der Waals surface area contributed by atoms with Crippen molar-refractivity contribution in [1.29, 1.82) is 0 Å². The Hall–Kier alpha value is -1.57. The van der Waals surface area contributed by atoms with Gasteiger partial charge in [-0.25, -0.2) is 0 Å². The molecule has 0 spiro atoms. The quantitative estimate of drug-likeness (QED) is 0.850. The number of nitrogens with zero attached hydrogens (tertiary/aromatic N) is 2. The number of aromatic nitrogens is 2. The van der Waals surface area contributed by atoms with Gasteiger partial charge in [0.05, 0.1) is 5.60 Å². The second kappa shape index (κ2) is 5.60. The summed E-state index contributed by atoms with van der Waals surface area (Å²) in [6, 6.07) is 0.801. The van der Waals surface area contributed by atoms with Crippen LogP contribution in [0.1, 0.15) is 26.0 Å². The molecule has 0 aliphatic carbocycles. The van der Waals surface area contributed by atoms with E-state index >= 15 is 0 Å². The second-order valence-electron chi connectivity index (χ2n) is 4.52. The van der Waals surface area contributed by atoms with Crippen molar-refractivity contribution < 1.29 is 23.1 Å². The molecule has 0 bridgehead atoms. The maximum absolute atomic E-state index is 12.3. The van der Waals surface area contributed by atoms with E-state index in [2.05, 4.69) is 10.4 Å². The highest BCUT2D eigenvalue weighted by atomic mass is 19.4. The molecule has 1 unspecified atom stereocenters. The summed E-state index contributed by atoms with van der Waals surface area (Å²) in [5.41, 5.74) is -2.07. The average molecular weight is 279 g/mol. The highest BCUT2D eigenvalue weighted by molar-refractivity contribution is 5.75. The molecule has 8 heteroatoms. The van der Waals surface area contributed by atoms with Crippen molar-refractivity contribution in [3.8, 4) is 0 Å². The minimum Gasteiger partial charge on any atom is -0.388 e. The Bertz CT molecular complexity index is 441. The Labute approximate surface area is 108 Å². The number of hydrogen-bond acceptors (Lipinski definition) is 3. The summed E-state index contributed by atoms with van der Waals surface area (Å²) < 4.78 is 37.7. The van der Waals surface area contributed by atoms with Crippen LogP contribution in [0.3, 0.4) is 0 Å². The van der Waals surface area contributed by atoms with Gasteiger partial charge in [0, 0.05) is 12.7 Å². The molecule has 1 amide bonds. The Morgan fingerprint density at radius 3 is 2.63 bits per heavy atom. The highest BCUT2D eigenvalue weighted by Crippen LogP contribution is 2.27. The van der Waals surface area contributed by atoms with Crippen molar-refractivity contribution in [1.82, 2.24) is 15.1 Å². The molecular weight excluding hydrogens is 263 g/mol. The smallest absolute Gasteiger partial charge is 0.388 e. The van der Waals surface area contributed by atoms with Crippen molar-refractivity contribution in [2.24, 2.45) is 0 Å². The molecule has 2 N–H and O–H groups in total. The van der Waals surface area contributed by atoms with E-state index in [4.69, 9.17) is 0 Å². The zero-order valence-electron chi connectivity index (χ0n) is 10.7. The van der Waals surface area contributed by atoms with Gasteiger partial charge in [-0.3, -0.25) is 9.48 Å². The Morgan fingerprint density at radius 2 is 2.16 bits per heavy atom. The van der Waals surface area contributed by atoms with Gasteiger partial charge < -0.3 is 10.4 Å². The van der Waals surface area contributed by atoms with Crippen molar-refractivity contribution in [2.45, 2.75) is 38.6 Å². The molecule has 5 nitrogen and oxygen atoms in total. The number of aliphatic hydroxyl groups is 1. The lowest BCUT2D eigenvalue weighted by molar-refractivity contribution is -0.141. The van der Waals surface area contributed by atoms with Gasteiger partial charge in [-0.05, 0) is 19.4 Å². The van der Waals surface area contributed by atoms with Crippen LogP contribution in [0.2, 0.25) is 0 Å². The maximum atomic E-state index is 12.3. The molecule has 0 fully saturated rings. The van der Waals surface area contributed by atoms with Crippen LogP contribution in [-0.2, 0) is 17.5 Å². The van der Waals surface area contributed by atoms with Gasteiger partial charge >= 0.3 is 6.18 Å². The van der Waals surface area contributed by atoms with E-state index in [0.29, 0.717) is 6.42 Å². The number of amides is 1. The molecule has 1 atom stereocenters. The number of carbonyl (C=O) groups excluding carboxylic acids is 1. The molecular formula is C11H16F3N3O2. The fourth-order valence-electron chi connectivity index (χ4n) is 1.22. The standard InChI is InChI=1S/C11H16F3N3O2/c1-3-10(2,19)7-15-9(18)6-17-5-4-8(16-17)11(12,13)14/h4-5,19H,3,6-7H2,1-2H3,(H,15,18). The van der Waals surface area contributed by atoms with Crippen molar-refractivity contribution in [3.05, 3.63) is 18.0 Å². The fraction of sp³-hybridized carbons (Fsp3) is 0.636. The van der Waals surface area contributed by atoms with Crippen LogP contribution < -0.4 is 5.32 Å². The van der Waals surface area contributed by atoms with Crippen LogP contribution in [0.4, 0.5) is 13.2 Å². The van der Waals surface area contributed by atoms with E-state index in [0.717, 1.165) is 16.9 Å². The third kappa shape index (κ3) is 4.90. The lowest BCUT2D eigenvalue weighted by Crippen LogP contribution is -2.41. The van der Waals surface area contributed by atoms with Crippen molar-refractivity contribution in [3.63, 3.8) is 0 Å². The van der Waals surface area contributed by atoms with Crippen LogP contribution in [-0.4, -0.2) is 32.9 Å². The van der Waals surface area contributed by atoms with Gasteiger partial charge in [-0.15, -0.1) is 0 Å². The van der Waals surface area contributed by atoms with Gasteiger partial charge in [-0.1, -0.05) is 6.92 Å². The lowest BCUT2D eigenvalue weighted by atomic mass is 10.0. The molecule has 0 radical (unpaired) electrons. The van der Waals surface area contributed by atoms with Crippen molar-refractivity contribution >= 4 is 5.91 Å². The number of hydrogen-bond donors (Lipinski definition) is 2.